The van der Waals surface area contributed by atoms with E-state index < -0.39 is 0 Å². The number of nitrogens with zero attached hydrogens (tertiary/aromatic N) is 4. The van der Waals surface area contributed by atoms with Crippen LogP contribution in [0.4, 0.5) is 11.9 Å². The Labute approximate surface area is 103 Å². The summed E-state index contributed by atoms with van der Waals surface area (Å²) in [5.41, 5.74) is 6.44. The Morgan fingerprint density at radius 2 is 2.12 bits per heavy atom. The van der Waals surface area contributed by atoms with E-state index in [2.05, 4.69) is 25.3 Å². The number of hydrogen-bond acceptors (Lipinski definition) is 6. The van der Waals surface area contributed by atoms with Crippen molar-refractivity contribution in [3.05, 3.63) is 35.4 Å². The molecule has 0 atom stereocenters. The minimum Gasteiger partial charge on any atom is -0.368 e. The van der Waals surface area contributed by atoms with Gasteiger partial charge in [0.25, 0.3) is 0 Å². The Morgan fingerprint density at radius 3 is 2.82 bits per heavy atom. The van der Waals surface area contributed by atoms with Crippen LogP contribution in [0.2, 0.25) is 5.28 Å². The highest BCUT2D eigenvalue weighted by atomic mass is 35.5. The molecule has 0 bridgehead atoms. The van der Waals surface area contributed by atoms with Gasteiger partial charge in [0.05, 0.1) is 0 Å². The van der Waals surface area contributed by atoms with Crippen LogP contribution in [0.5, 0.6) is 0 Å². The molecule has 0 amide bonds. The molecule has 0 aliphatic heterocycles. The van der Waals surface area contributed by atoms with Crippen molar-refractivity contribution in [3.8, 4) is 0 Å². The summed E-state index contributed by atoms with van der Waals surface area (Å²) < 4.78 is 0. The van der Waals surface area contributed by atoms with Gasteiger partial charge in [-0.15, -0.1) is 0 Å². The van der Waals surface area contributed by atoms with E-state index in [1.54, 1.807) is 6.20 Å². The first-order valence-corrected chi connectivity index (χ1v) is 5.42. The van der Waals surface area contributed by atoms with Crippen LogP contribution in [0.15, 0.2) is 24.4 Å². The molecular formula is C10H11ClN6. The minimum atomic E-state index is 0.0813. The van der Waals surface area contributed by atoms with E-state index >= 15 is 0 Å². The Bertz CT molecular complexity index is 469. The second-order valence-corrected chi connectivity index (χ2v) is 3.62. The maximum atomic E-state index is 5.65. The summed E-state index contributed by atoms with van der Waals surface area (Å²) in [5.74, 6) is 0.476. The van der Waals surface area contributed by atoms with Crippen molar-refractivity contribution in [2.24, 2.45) is 0 Å². The maximum absolute atomic E-state index is 5.65. The van der Waals surface area contributed by atoms with E-state index in [0.717, 1.165) is 12.1 Å². The second kappa shape index (κ2) is 5.40. The number of aromatic nitrogens is 4. The summed E-state index contributed by atoms with van der Waals surface area (Å²) in [7, 11) is 0. The first-order valence-electron chi connectivity index (χ1n) is 5.05. The third-order valence-electron chi connectivity index (χ3n) is 2.02. The molecule has 2 aromatic heterocycles. The van der Waals surface area contributed by atoms with Crippen molar-refractivity contribution in [2.45, 2.75) is 6.42 Å². The Balaban J connectivity index is 1.90. The Morgan fingerprint density at radius 1 is 1.24 bits per heavy atom. The number of pyridine rings is 1. The number of rotatable bonds is 4. The Kier molecular flexibility index (Phi) is 3.66. The standard InChI is InChI=1S/C10H11ClN6/c11-8-15-9(12)17-10(16-8)14-6-4-7-3-1-2-5-13-7/h1-3,5H,4,6H2,(H3,12,14,15,16,17). The first-order chi connectivity index (χ1) is 8.24. The average Bonchev–Trinajstić information content (AvgIpc) is 2.29. The number of nitrogens with one attached hydrogen (secondary N) is 1. The predicted octanol–water partition coefficient (Wildman–Crippen LogP) is 1.16. The van der Waals surface area contributed by atoms with Crippen molar-refractivity contribution in [1.82, 2.24) is 19.9 Å². The smallest absolute Gasteiger partial charge is 0.228 e. The lowest BCUT2D eigenvalue weighted by Gasteiger charge is -2.04. The largest absolute Gasteiger partial charge is 0.368 e. The van der Waals surface area contributed by atoms with E-state index in [9.17, 15) is 0 Å². The van der Waals surface area contributed by atoms with Gasteiger partial charge < -0.3 is 11.1 Å². The third-order valence-corrected chi connectivity index (χ3v) is 2.18. The minimum absolute atomic E-state index is 0.0813. The van der Waals surface area contributed by atoms with Gasteiger partial charge in [0, 0.05) is 24.9 Å². The van der Waals surface area contributed by atoms with Gasteiger partial charge in [0.15, 0.2) is 0 Å². The molecule has 0 saturated carbocycles. The molecule has 2 rings (SSSR count). The van der Waals surface area contributed by atoms with E-state index in [0.29, 0.717) is 12.5 Å². The molecule has 2 heterocycles. The lowest BCUT2D eigenvalue weighted by atomic mass is 10.3. The summed E-state index contributed by atoms with van der Waals surface area (Å²) in [6.45, 7) is 0.650. The zero-order chi connectivity index (χ0) is 12.1. The van der Waals surface area contributed by atoms with Crippen molar-refractivity contribution in [3.63, 3.8) is 0 Å². The first kappa shape index (κ1) is 11.5. The van der Waals surface area contributed by atoms with Gasteiger partial charge in [-0.2, -0.15) is 15.0 Å². The number of halogens is 1. The molecule has 0 unspecified atom stereocenters. The summed E-state index contributed by atoms with van der Waals surface area (Å²) in [5, 5.41) is 3.09. The number of hydrogen-bond donors (Lipinski definition) is 2. The predicted molar refractivity (Wildman–Crippen MR) is 65.7 cm³/mol. The molecule has 7 heteroatoms. The van der Waals surface area contributed by atoms with Crippen molar-refractivity contribution in [2.75, 3.05) is 17.6 Å². The van der Waals surface area contributed by atoms with Gasteiger partial charge in [-0.1, -0.05) is 6.07 Å². The van der Waals surface area contributed by atoms with Gasteiger partial charge in [-0.05, 0) is 23.7 Å². The van der Waals surface area contributed by atoms with Gasteiger partial charge in [0.2, 0.25) is 17.2 Å². The highest BCUT2D eigenvalue weighted by Gasteiger charge is 2.01. The Hall–Kier alpha value is -1.95. The molecule has 3 N–H and O–H groups in total. The number of anilines is 2. The fraction of sp³-hybridized carbons (Fsp3) is 0.200. The normalized spacial score (nSPS) is 10.2. The van der Waals surface area contributed by atoms with E-state index in [1.165, 1.54) is 0 Å². The molecule has 2 aromatic rings. The SMILES string of the molecule is Nc1nc(Cl)nc(NCCc2ccccn2)n1. The quantitative estimate of drug-likeness (QED) is 0.846. The molecule has 0 radical (unpaired) electrons. The molecule has 6 nitrogen and oxygen atoms in total. The fourth-order valence-corrected chi connectivity index (χ4v) is 1.46. The lowest BCUT2D eigenvalue weighted by Crippen LogP contribution is -2.10. The van der Waals surface area contributed by atoms with Crippen LogP contribution in [-0.2, 0) is 6.42 Å². The van der Waals surface area contributed by atoms with Crippen LogP contribution in [0.1, 0.15) is 5.69 Å². The topological polar surface area (TPSA) is 89.6 Å². The molecular weight excluding hydrogens is 240 g/mol. The van der Waals surface area contributed by atoms with Crippen LogP contribution in [-0.4, -0.2) is 26.5 Å². The molecule has 0 fully saturated rings. The van der Waals surface area contributed by atoms with Gasteiger partial charge in [0.1, 0.15) is 0 Å². The van der Waals surface area contributed by atoms with Gasteiger partial charge in [-0.3, -0.25) is 4.98 Å². The van der Waals surface area contributed by atoms with Crippen LogP contribution >= 0.6 is 11.6 Å². The van der Waals surface area contributed by atoms with Crippen molar-refractivity contribution < 1.29 is 0 Å². The molecule has 0 aliphatic carbocycles. The average molecular weight is 251 g/mol. The van der Waals surface area contributed by atoms with Crippen LogP contribution in [0.3, 0.4) is 0 Å². The van der Waals surface area contributed by atoms with E-state index in [4.69, 9.17) is 17.3 Å². The maximum Gasteiger partial charge on any atom is 0.228 e. The molecule has 0 aromatic carbocycles. The summed E-state index contributed by atoms with van der Waals surface area (Å²) in [6.07, 6.45) is 2.52. The number of nitrogens with two attached hydrogens (primary N) is 1. The highest BCUT2D eigenvalue weighted by Crippen LogP contribution is 2.06. The van der Waals surface area contributed by atoms with Crippen LogP contribution in [0, 0.1) is 0 Å². The van der Waals surface area contributed by atoms with E-state index in [-0.39, 0.29) is 11.2 Å². The zero-order valence-electron chi connectivity index (χ0n) is 8.97. The summed E-state index contributed by atoms with van der Waals surface area (Å²) in [4.78, 5) is 15.7. The van der Waals surface area contributed by atoms with Crippen molar-refractivity contribution >= 4 is 23.5 Å². The molecule has 0 saturated heterocycles. The second-order valence-electron chi connectivity index (χ2n) is 3.28. The molecule has 0 aliphatic rings. The zero-order valence-corrected chi connectivity index (χ0v) is 9.72. The highest BCUT2D eigenvalue weighted by molar-refractivity contribution is 6.28. The van der Waals surface area contributed by atoms with Crippen LogP contribution in [0.25, 0.3) is 0 Å². The van der Waals surface area contributed by atoms with Crippen LogP contribution < -0.4 is 11.1 Å². The summed E-state index contributed by atoms with van der Waals surface area (Å²) >= 11 is 5.65. The van der Waals surface area contributed by atoms with E-state index in [1.807, 2.05) is 18.2 Å². The van der Waals surface area contributed by atoms with Gasteiger partial charge in [-0.25, -0.2) is 0 Å². The third kappa shape index (κ3) is 3.53. The summed E-state index contributed by atoms with van der Waals surface area (Å²) in [6, 6.07) is 5.78. The molecule has 88 valence electrons. The molecule has 17 heavy (non-hydrogen) atoms. The van der Waals surface area contributed by atoms with Crippen molar-refractivity contribution in [1.29, 1.82) is 0 Å². The molecule has 0 spiro atoms. The monoisotopic (exact) mass is 250 g/mol. The van der Waals surface area contributed by atoms with Gasteiger partial charge >= 0.3 is 0 Å². The number of nitrogen functional groups attached to an aromatic ring is 1. The lowest BCUT2D eigenvalue weighted by molar-refractivity contribution is 0.933. The fourth-order valence-electron chi connectivity index (χ4n) is 1.29.